The van der Waals surface area contributed by atoms with Crippen LogP contribution in [0.15, 0.2) is 93.4 Å². The number of fused-ring (bicyclic) bond motifs is 1. The molecule has 0 radical (unpaired) electrons. The lowest BCUT2D eigenvalue weighted by Gasteiger charge is -2.07. The molecule has 4 rings (SSSR count). The van der Waals surface area contributed by atoms with Gasteiger partial charge in [-0.3, -0.25) is 15.5 Å². The molecule has 0 atom stereocenters. The van der Waals surface area contributed by atoms with Gasteiger partial charge >= 0.3 is 0 Å². The molecule has 0 aliphatic rings. The number of phenolic OH excluding ortho intramolecular Hbond substituents is 1. The van der Waals surface area contributed by atoms with Crippen molar-refractivity contribution in [2.24, 2.45) is 10.1 Å². The van der Waals surface area contributed by atoms with Crippen LogP contribution in [0.5, 0.6) is 5.75 Å². The SMILES string of the molecule is O=[N+]([O-])c1cc(Br)c(O)c(C=NNC(=Nc2ccccc2)c2ccc3ccccc3n2)c1. The summed E-state index contributed by atoms with van der Waals surface area (Å²) in [6, 6.07) is 23.2. The number of para-hydroxylation sites is 2. The highest BCUT2D eigenvalue weighted by Crippen LogP contribution is 2.31. The van der Waals surface area contributed by atoms with Gasteiger partial charge in [0.1, 0.15) is 11.4 Å². The average molecular weight is 490 g/mol. The predicted octanol–water partition coefficient (Wildman–Crippen LogP) is 5.31. The van der Waals surface area contributed by atoms with Crippen molar-refractivity contribution in [2.75, 3.05) is 0 Å². The normalized spacial score (nSPS) is 11.7. The van der Waals surface area contributed by atoms with Gasteiger partial charge in [0.15, 0.2) is 5.84 Å². The highest BCUT2D eigenvalue weighted by molar-refractivity contribution is 9.10. The van der Waals surface area contributed by atoms with E-state index in [0.29, 0.717) is 17.2 Å². The van der Waals surface area contributed by atoms with E-state index in [1.807, 2.05) is 66.7 Å². The van der Waals surface area contributed by atoms with Crippen LogP contribution in [-0.4, -0.2) is 27.1 Å². The first-order valence-electron chi connectivity index (χ1n) is 9.47. The second-order valence-electron chi connectivity index (χ2n) is 6.68. The Bertz CT molecular complexity index is 1360. The molecule has 0 fully saturated rings. The van der Waals surface area contributed by atoms with Gasteiger partial charge in [-0.2, -0.15) is 5.10 Å². The van der Waals surface area contributed by atoms with E-state index in [-0.39, 0.29) is 21.5 Å². The first-order chi connectivity index (χ1) is 15.5. The van der Waals surface area contributed by atoms with Crippen LogP contribution in [0.25, 0.3) is 10.9 Å². The third-order valence-corrected chi connectivity index (χ3v) is 5.11. The standard InChI is InChI=1S/C23H16BrN5O3/c24-19-13-18(29(31)32)12-16(22(19)30)14-25-28-23(26-17-7-2-1-3-8-17)21-11-10-15-6-4-5-9-20(15)27-21/h1-14,30H,(H,26,28). The van der Waals surface area contributed by atoms with Gasteiger partial charge in [0.05, 0.1) is 26.8 Å². The van der Waals surface area contributed by atoms with E-state index in [1.165, 1.54) is 18.3 Å². The Kier molecular flexibility index (Phi) is 6.18. The Balaban J connectivity index is 1.70. The molecule has 0 spiro atoms. The number of non-ortho nitro benzene ring substituents is 1. The van der Waals surface area contributed by atoms with Crippen LogP contribution in [-0.2, 0) is 0 Å². The molecule has 0 unspecified atom stereocenters. The molecule has 0 aliphatic carbocycles. The van der Waals surface area contributed by atoms with Gasteiger partial charge in [0.2, 0.25) is 0 Å². The topological polar surface area (TPSA) is 113 Å². The number of hydrogen-bond donors (Lipinski definition) is 2. The second-order valence-corrected chi connectivity index (χ2v) is 7.53. The molecule has 0 aliphatic heterocycles. The third kappa shape index (κ3) is 4.79. The van der Waals surface area contributed by atoms with Gasteiger partial charge in [-0.05, 0) is 40.2 Å². The van der Waals surface area contributed by atoms with Crippen LogP contribution in [0, 0.1) is 10.1 Å². The number of hydrazone groups is 1. The van der Waals surface area contributed by atoms with E-state index in [0.717, 1.165) is 10.9 Å². The number of aliphatic imine (C=N–C) groups is 1. The van der Waals surface area contributed by atoms with Gasteiger partial charge in [0.25, 0.3) is 5.69 Å². The highest BCUT2D eigenvalue weighted by atomic mass is 79.9. The summed E-state index contributed by atoms with van der Waals surface area (Å²) >= 11 is 3.12. The molecule has 0 bridgehead atoms. The lowest BCUT2D eigenvalue weighted by atomic mass is 10.2. The molecule has 9 heteroatoms. The molecule has 0 saturated heterocycles. The highest BCUT2D eigenvalue weighted by Gasteiger charge is 2.14. The molecular weight excluding hydrogens is 474 g/mol. The summed E-state index contributed by atoms with van der Waals surface area (Å²) in [7, 11) is 0. The number of nitro benzene ring substituents is 1. The Morgan fingerprint density at radius 2 is 1.81 bits per heavy atom. The predicted molar refractivity (Wildman–Crippen MR) is 128 cm³/mol. The van der Waals surface area contributed by atoms with Crippen molar-refractivity contribution in [2.45, 2.75) is 0 Å². The molecule has 158 valence electrons. The van der Waals surface area contributed by atoms with Crippen molar-refractivity contribution < 1.29 is 10.0 Å². The van der Waals surface area contributed by atoms with Crippen molar-refractivity contribution in [1.29, 1.82) is 0 Å². The van der Waals surface area contributed by atoms with Crippen LogP contribution < -0.4 is 5.43 Å². The van der Waals surface area contributed by atoms with Crippen LogP contribution in [0.4, 0.5) is 11.4 Å². The van der Waals surface area contributed by atoms with Crippen molar-refractivity contribution in [1.82, 2.24) is 10.4 Å². The van der Waals surface area contributed by atoms with Gasteiger partial charge in [0, 0.05) is 23.1 Å². The third-order valence-electron chi connectivity index (χ3n) is 4.50. The zero-order valence-corrected chi connectivity index (χ0v) is 18.1. The van der Waals surface area contributed by atoms with Gasteiger partial charge in [-0.25, -0.2) is 9.98 Å². The minimum atomic E-state index is -0.545. The maximum atomic E-state index is 11.1. The van der Waals surface area contributed by atoms with Gasteiger partial charge < -0.3 is 5.11 Å². The van der Waals surface area contributed by atoms with Crippen LogP contribution >= 0.6 is 15.9 Å². The smallest absolute Gasteiger partial charge is 0.271 e. The van der Waals surface area contributed by atoms with E-state index < -0.39 is 4.92 Å². The Labute approximate surface area is 191 Å². The molecule has 8 nitrogen and oxygen atoms in total. The largest absolute Gasteiger partial charge is 0.506 e. The number of nitrogens with zero attached hydrogens (tertiary/aromatic N) is 4. The fraction of sp³-hybridized carbons (Fsp3) is 0. The molecule has 3 aromatic carbocycles. The van der Waals surface area contributed by atoms with E-state index in [2.05, 4.69) is 36.4 Å². The quantitative estimate of drug-likeness (QED) is 0.170. The fourth-order valence-electron chi connectivity index (χ4n) is 2.94. The lowest BCUT2D eigenvalue weighted by Crippen LogP contribution is -2.20. The number of phenols is 1. The first-order valence-corrected chi connectivity index (χ1v) is 10.3. The number of nitro groups is 1. The molecule has 1 heterocycles. The first kappa shape index (κ1) is 21.1. The number of benzene rings is 3. The molecule has 1 aromatic heterocycles. The Morgan fingerprint density at radius 3 is 2.59 bits per heavy atom. The second kappa shape index (κ2) is 9.36. The molecule has 32 heavy (non-hydrogen) atoms. The van der Waals surface area contributed by atoms with E-state index in [9.17, 15) is 15.2 Å². The minimum absolute atomic E-state index is 0.161. The van der Waals surface area contributed by atoms with Gasteiger partial charge in [-0.15, -0.1) is 0 Å². The zero-order chi connectivity index (χ0) is 22.5. The van der Waals surface area contributed by atoms with Crippen molar-refractivity contribution in [3.05, 3.63) is 105 Å². The average Bonchev–Trinajstić information content (AvgIpc) is 2.81. The number of nitrogens with one attached hydrogen (secondary N) is 1. The molecule has 2 N–H and O–H groups in total. The van der Waals surface area contributed by atoms with E-state index in [1.54, 1.807) is 0 Å². The summed E-state index contributed by atoms with van der Waals surface area (Å²) in [5.74, 6) is 0.216. The monoisotopic (exact) mass is 489 g/mol. The lowest BCUT2D eigenvalue weighted by molar-refractivity contribution is -0.385. The summed E-state index contributed by atoms with van der Waals surface area (Å²) in [5, 5.41) is 26.5. The summed E-state index contributed by atoms with van der Waals surface area (Å²) in [5.41, 5.74) is 4.91. The van der Waals surface area contributed by atoms with Crippen LogP contribution in [0.2, 0.25) is 0 Å². The molecular formula is C23H16BrN5O3. The number of halogens is 1. The van der Waals surface area contributed by atoms with Crippen molar-refractivity contribution in [3.8, 4) is 5.75 Å². The van der Waals surface area contributed by atoms with Crippen LogP contribution in [0.3, 0.4) is 0 Å². The summed E-state index contributed by atoms with van der Waals surface area (Å²) in [4.78, 5) is 19.8. The Morgan fingerprint density at radius 1 is 1.06 bits per heavy atom. The maximum Gasteiger partial charge on any atom is 0.271 e. The van der Waals surface area contributed by atoms with Crippen molar-refractivity contribution in [3.63, 3.8) is 0 Å². The number of hydrogen-bond acceptors (Lipinski definition) is 6. The summed E-state index contributed by atoms with van der Waals surface area (Å²) in [6.07, 6.45) is 1.29. The zero-order valence-electron chi connectivity index (χ0n) is 16.5. The number of aromatic nitrogens is 1. The van der Waals surface area contributed by atoms with Crippen molar-refractivity contribution >= 4 is 50.3 Å². The Hall–Kier alpha value is -4.11. The fourth-order valence-corrected chi connectivity index (χ4v) is 3.40. The number of aromatic hydroxyl groups is 1. The summed E-state index contributed by atoms with van der Waals surface area (Å²) in [6.45, 7) is 0. The number of pyridine rings is 1. The minimum Gasteiger partial charge on any atom is -0.506 e. The van der Waals surface area contributed by atoms with Gasteiger partial charge in [-0.1, -0.05) is 42.5 Å². The molecule has 0 saturated carbocycles. The maximum absolute atomic E-state index is 11.1. The number of amidine groups is 1. The van der Waals surface area contributed by atoms with E-state index >= 15 is 0 Å². The molecule has 4 aromatic rings. The molecule has 0 amide bonds. The van der Waals surface area contributed by atoms with Crippen LogP contribution in [0.1, 0.15) is 11.3 Å². The number of rotatable bonds is 5. The summed E-state index contributed by atoms with van der Waals surface area (Å²) < 4.78 is 0.197. The van der Waals surface area contributed by atoms with E-state index in [4.69, 9.17) is 0 Å².